The van der Waals surface area contributed by atoms with Crippen LogP contribution in [-0.4, -0.2) is 30.2 Å². The number of benzene rings is 1. The fraction of sp³-hybridized carbons (Fsp3) is 0.385. The molecular weight excluding hydrogens is 282 g/mol. The molecule has 7 heteroatoms. The van der Waals surface area contributed by atoms with Crippen LogP contribution < -0.4 is 11.1 Å². The second-order valence-corrected chi connectivity index (χ2v) is 4.46. The Morgan fingerprint density at radius 2 is 2.30 bits per heavy atom. The summed E-state index contributed by atoms with van der Waals surface area (Å²) in [6.07, 6.45) is 0.946. The summed E-state index contributed by atoms with van der Waals surface area (Å²) < 4.78 is 5.16. The van der Waals surface area contributed by atoms with Gasteiger partial charge in [0.1, 0.15) is 0 Å². The Bertz CT molecular complexity index is 492. The first-order valence-electron chi connectivity index (χ1n) is 6.23. The number of amides is 1. The van der Waals surface area contributed by atoms with Gasteiger partial charge in [-0.2, -0.15) is 0 Å². The average molecular weight is 300 g/mol. The van der Waals surface area contributed by atoms with Gasteiger partial charge in [-0.25, -0.2) is 0 Å². The van der Waals surface area contributed by atoms with Gasteiger partial charge < -0.3 is 21.0 Å². The lowest BCUT2D eigenvalue weighted by atomic mass is 10.1. The van der Waals surface area contributed by atoms with E-state index in [-0.39, 0.29) is 11.7 Å². The minimum Gasteiger partial charge on any atom is -0.409 e. The summed E-state index contributed by atoms with van der Waals surface area (Å²) in [4.78, 5) is 11.8. The molecule has 0 aliphatic carbocycles. The van der Waals surface area contributed by atoms with Gasteiger partial charge in [0.25, 0.3) is 0 Å². The third-order valence-corrected chi connectivity index (χ3v) is 2.77. The van der Waals surface area contributed by atoms with E-state index in [1.54, 1.807) is 18.2 Å². The third kappa shape index (κ3) is 5.07. The first kappa shape index (κ1) is 16.3. The molecular formula is C13H18ClN3O3. The number of rotatable bonds is 7. The number of carbonyl (C=O) groups is 1. The number of halogens is 1. The van der Waals surface area contributed by atoms with Crippen molar-refractivity contribution in [2.45, 2.75) is 19.8 Å². The maximum Gasteiger partial charge on any atom is 0.224 e. The van der Waals surface area contributed by atoms with Crippen LogP contribution >= 0.6 is 11.6 Å². The van der Waals surface area contributed by atoms with E-state index in [9.17, 15) is 4.79 Å². The molecule has 0 bridgehead atoms. The number of nitrogens with two attached hydrogens (primary N) is 1. The van der Waals surface area contributed by atoms with Gasteiger partial charge in [0, 0.05) is 30.2 Å². The molecule has 4 N–H and O–H groups in total. The van der Waals surface area contributed by atoms with Crippen molar-refractivity contribution >= 4 is 29.0 Å². The summed E-state index contributed by atoms with van der Waals surface area (Å²) in [5, 5.41) is 14.8. The highest BCUT2D eigenvalue weighted by atomic mass is 35.5. The summed E-state index contributed by atoms with van der Waals surface area (Å²) in [5.41, 5.74) is 6.37. The Balaban J connectivity index is 2.70. The number of anilines is 1. The monoisotopic (exact) mass is 299 g/mol. The van der Waals surface area contributed by atoms with E-state index < -0.39 is 0 Å². The van der Waals surface area contributed by atoms with Crippen LogP contribution in [0.25, 0.3) is 0 Å². The van der Waals surface area contributed by atoms with E-state index in [4.69, 9.17) is 27.3 Å². The molecule has 0 spiro atoms. The van der Waals surface area contributed by atoms with Gasteiger partial charge in [0.15, 0.2) is 5.84 Å². The Labute approximate surface area is 122 Å². The number of oxime groups is 1. The summed E-state index contributed by atoms with van der Waals surface area (Å²) in [6.45, 7) is 3.06. The minimum absolute atomic E-state index is 0.0914. The molecule has 1 aromatic carbocycles. The van der Waals surface area contributed by atoms with Crippen molar-refractivity contribution in [1.29, 1.82) is 0 Å². The fourth-order valence-electron chi connectivity index (χ4n) is 1.59. The highest BCUT2D eigenvalue weighted by molar-refractivity contribution is 6.31. The van der Waals surface area contributed by atoms with E-state index in [0.717, 1.165) is 0 Å². The molecule has 0 heterocycles. The molecule has 0 saturated carbocycles. The molecule has 0 saturated heterocycles. The van der Waals surface area contributed by atoms with E-state index in [0.29, 0.717) is 42.3 Å². The number of ether oxygens (including phenoxy) is 1. The first-order valence-corrected chi connectivity index (χ1v) is 6.61. The summed E-state index contributed by atoms with van der Waals surface area (Å²) in [6, 6.07) is 4.72. The number of amidine groups is 1. The van der Waals surface area contributed by atoms with Gasteiger partial charge in [-0.3, -0.25) is 4.79 Å². The molecule has 20 heavy (non-hydrogen) atoms. The largest absolute Gasteiger partial charge is 0.409 e. The van der Waals surface area contributed by atoms with Crippen molar-refractivity contribution in [3.8, 4) is 0 Å². The van der Waals surface area contributed by atoms with Crippen molar-refractivity contribution in [3.63, 3.8) is 0 Å². The number of nitrogens with one attached hydrogen (secondary N) is 1. The molecule has 0 unspecified atom stereocenters. The molecule has 1 aromatic rings. The summed E-state index contributed by atoms with van der Waals surface area (Å²) in [7, 11) is 0. The number of hydrogen-bond acceptors (Lipinski definition) is 4. The Kier molecular flexibility index (Phi) is 6.83. The van der Waals surface area contributed by atoms with E-state index >= 15 is 0 Å². The van der Waals surface area contributed by atoms with Gasteiger partial charge in [-0.05, 0) is 31.5 Å². The van der Waals surface area contributed by atoms with Crippen LogP contribution in [0.3, 0.4) is 0 Å². The Morgan fingerprint density at radius 1 is 1.55 bits per heavy atom. The maximum atomic E-state index is 11.8. The number of nitrogens with zero attached hydrogens (tertiary/aromatic N) is 1. The average Bonchev–Trinajstić information content (AvgIpc) is 2.43. The van der Waals surface area contributed by atoms with Crippen LogP contribution in [0.1, 0.15) is 25.3 Å². The first-order chi connectivity index (χ1) is 9.58. The SMILES string of the molecule is CCOCCCC(=O)Nc1cc(Cl)ccc1/C(N)=N/O. The lowest BCUT2D eigenvalue weighted by molar-refractivity contribution is -0.116. The third-order valence-electron chi connectivity index (χ3n) is 2.54. The van der Waals surface area contributed by atoms with E-state index in [1.807, 2.05) is 6.92 Å². The molecule has 0 aliphatic heterocycles. The van der Waals surface area contributed by atoms with Crippen molar-refractivity contribution in [1.82, 2.24) is 0 Å². The zero-order chi connectivity index (χ0) is 15.0. The summed E-state index contributed by atoms with van der Waals surface area (Å²) >= 11 is 5.88. The van der Waals surface area contributed by atoms with Crippen LogP contribution in [0, 0.1) is 0 Å². The van der Waals surface area contributed by atoms with Crippen molar-refractivity contribution < 1.29 is 14.7 Å². The van der Waals surface area contributed by atoms with E-state index in [1.165, 1.54) is 0 Å². The van der Waals surface area contributed by atoms with Crippen molar-refractivity contribution in [2.75, 3.05) is 18.5 Å². The molecule has 1 rings (SSSR count). The van der Waals surface area contributed by atoms with Crippen molar-refractivity contribution in [3.05, 3.63) is 28.8 Å². The Morgan fingerprint density at radius 3 is 2.95 bits per heavy atom. The standard InChI is InChI=1S/C13H18ClN3O3/c1-2-20-7-3-4-12(18)16-11-8-9(14)5-6-10(11)13(15)17-19/h5-6,8,19H,2-4,7H2,1H3,(H2,15,17)(H,16,18). The lowest BCUT2D eigenvalue weighted by Crippen LogP contribution is -2.19. The predicted molar refractivity (Wildman–Crippen MR) is 78.3 cm³/mol. The fourth-order valence-corrected chi connectivity index (χ4v) is 1.76. The minimum atomic E-state index is -0.182. The maximum absolute atomic E-state index is 11.8. The van der Waals surface area contributed by atoms with E-state index in [2.05, 4.69) is 10.5 Å². The zero-order valence-corrected chi connectivity index (χ0v) is 12.0. The van der Waals surface area contributed by atoms with Crippen molar-refractivity contribution in [2.24, 2.45) is 10.9 Å². The van der Waals surface area contributed by atoms with Gasteiger partial charge >= 0.3 is 0 Å². The zero-order valence-electron chi connectivity index (χ0n) is 11.2. The van der Waals surface area contributed by atoms with Crippen LogP contribution in [0.15, 0.2) is 23.4 Å². The molecule has 6 nitrogen and oxygen atoms in total. The molecule has 0 radical (unpaired) electrons. The van der Waals surface area contributed by atoms with Crippen LogP contribution in [0.4, 0.5) is 5.69 Å². The highest BCUT2D eigenvalue weighted by Crippen LogP contribution is 2.21. The molecule has 0 aliphatic rings. The predicted octanol–water partition coefficient (Wildman–Crippen LogP) is 2.19. The second-order valence-electron chi connectivity index (χ2n) is 4.02. The number of hydrogen-bond donors (Lipinski definition) is 3. The summed E-state index contributed by atoms with van der Waals surface area (Å²) in [5.74, 6) is -0.273. The Hall–Kier alpha value is -1.79. The van der Waals surface area contributed by atoms with Gasteiger partial charge in [0.2, 0.25) is 5.91 Å². The molecule has 110 valence electrons. The second kappa shape index (κ2) is 8.39. The molecule has 1 amide bonds. The van der Waals surface area contributed by atoms with Crippen LogP contribution in [-0.2, 0) is 9.53 Å². The van der Waals surface area contributed by atoms with Crippen LogP contribution in [0.5, 0.6) is 0 Å². The lowest BCUT2D eigenvalue weighted by Gasteiger charge is -2.10. The normalized spacial score (nSPS) is 11.4. The van der Waals surface area contributed by atoms with Crippen LogP contribution in [0.2, 0.25) is 5.02 Å². The number of carbonyl (C=O) groups excluding carboxylic acids is 1. The molecule has 0 atom stereocenters. The molecule has 0 aromatic heterocycles. The van der Waals surface area contributed by atoms with Gasteiger partial charge in [-0.15, -0.1) is 0 Å². The van der Waals surface area contributed by atoms with Gasteiger partial charge in [0.05, 0.1) is 5.69 Å². The quantitative estimate of drug-likeness (QED) is 0.236. The smallest absolute Gasteiger partial charge is 0.224 e. The topological polar surface area (TPSA) is 96.9 Å². The molecule has 0 fully saturated rings. The highest BCUT2D eigenvalue weighted by Gasteiger charge is 2.11. The van der Waals surface area contributed by atoms with Gasteiger partial charge in [-0.1, -0.05) is 16.8 Å².